The molecule has 224 valence electrons. The maximum absolute atomic E-state index is 13.2. The number of nitrogens with one attached hydrogen (secondary N) is 2. The molecule has 43 heavy (non-hydrogen) atoms. The molecule has 10 heteroatoms. The Labute approximate surface area is 248 Å². The van der Waals surface area contributed by atoms with Crippen molar-refractivity contribution in [2.45, 2.75) is 52.2 Å². The van der Waals surface area contributed by atoms with E-state index < -0.39 is 29.5 Å². The SMILES string of the molecule is CC(C)(C)OC(=O)NCc1ccc(-c2ccc(CN(Cc3cccnc3)C(=O)Nc3ccc(C(F)(F)F)cc3)cc2)cc1. The Balaban J connectivity index is 1.42. The number of rotatable bonds is 8. The zero-order valence-electron chi connectivity index (χ0n) is 24.1. The number of ether oxygens (including phenoxy) is 1. The molecule has 4 aromatic rings. The second kappa shape index (κ2) is 13.4. The lowest BCUT2D eigenvalue weighted by molar-refractivity contribution is -0.137. The second-order valence-corrected chi connectivity index (χ2v) is 11.0. The minimum absolute atomic E-state index is 0.251. The van der Waals surface area contributed by atoms with Crippen LogP contribution in [-0.2, 0) is 30.5 Å². The molecule has 0 aliphatic heterocycles. The van der Waals surface area contributed by atoms with Gasteiger partial charge in [-0.25, -0.2) is 9.59 Å². The lowest BCUT2D eigenvalue weighted by Crippen LogP contribution is -2.34. The first-order valence-electron chi connectivity index (χ1n) is 13.6. The van der Waals surface area contributed by atoms with E-state index in [1.807, 2.05) is 75.4 Å². The Hall–Kier alpha value is -4.86. The van der Waals surface area contributed by atoms with Gasteiger partial charge in [0.1, 0.15) is 5.60 Å². The van der Waals surface area contributed by atoms with E-state index in [9.17, 15) is 22.8 Å². The Morgan fingerprint density at radius 1 is 0.791 bits per heavy atom. The third-order valence-corrected chi connectivity index (χ3v) is 6.30. The number of anilines is 1. The topological polar surface area (TPSA) is 83.6 Å². The van der Waals surface area contributed by atoms with Crippen molar-refractivity contribution in [2.24, 2.45) is 0 Å². The van der Waals surface area contributed by atoms with Crippen molar-refractivity contribution in [3.05, 3.63) is 120 Å². The molecule has 0 aliphatic carbocycles. The zero-order valence-corrected chi connectivity index (χ0v) is 24.1. The van der Waals surface area contributed by atoms with E-state index in [1.165, 1.54) is 12.1 Å². The average Bonchev–Trinajstić information content (AvgIpc) is 2.96. The Kier molecular flexibility index (Phi) is 9.70. The molecule has 0 fully saturated rings. The van der Waals surface area contributed by atoms with Gasteiger partial charge in [0.05, 0.1) is 5.56 Å². The molecule has 0 saturated heterocycles. The molecular weight excluding hydrogens is 557 g/mol. The van der Waals surface area contributed by atoms with Gasteiger partial charge in [0.15, 0.2) is 0 Å². The van der Waals surface area contributed by atoms with Gasteiger partial charge in [-0.2, -0.15) is 13.2 Å². The van der Waals surface area contributed by atoms with Crippen molar-refractivity contribution in [1.29, 1.82) is 0 Å². The standard InChI is InChI=1S/C33H33F3N4O3/c1-32(2,3)43-31(42)38-20-23-6-10-26(11-7-23)27-12-8-24(9-13-27)21-40(22-25-5-4-18-37-19-25)30(41)39-29-16-14-28(15-17-29)33(34,35)36/h4-19H,20-22H2,1-3H3,(H,38,42)(H,39,41). The molecule has 3 aromatic carbocycles. The highest BCUT2D eigenvalue weighted by Crippen LogP contribution is 2.30. The smallest absolute Gasteiger partial charge is 0.416 e. The van der Waals surface area contributed by atoms with Gasteiger partial charge >= 0.3 is 18.3 Å². The molecule has 1 heterocycles. The largest absolute Gasteiger partial charge is 0.444 e. The van der Waals surface area contributed by atoms with Crippen LogP contribution in [-0.4, -0.2) is 27.6 Å². The first-order valence-corrected chi connectivity index (χ1v) is 13.6. The molecule has 3 amide bonds. The second-order valence-electron chi connectivity index (χ2n) is 11.0. The quantitative estimate of drug-likeness (QED) is 0.218. The van der Waals surface area contributed by atoms with Gasteiger partial charge in [0.25, 0.3) is 0 Å². The number of pyridine rings is 1. The fourth-order valence-corrected chi connectivity index (χ4v) is 4.18. The van der Waals surface area contributed by atoms with Crippen molar-refractivity contribution < 1.29 is 27.5 Å². The summed E-state index contributed by atoms with van der Waals surface area (Å²) in [4.78, 5) is 30.8. The number of carbonyl (C=O) groups excluding carboxylic acids is 2. The van der Waals surface area contributed by atoms with Crippen LogP contribution < -0.4 is 10.6 Å². The molecule has 0 bridgehead atoms. The molecular formula is C33H33F3N4O3. The number of amides is 3. The van der Waals surface area contributed by atoms with Gasteiger partial charge < -0.3 is 20.3 Å². The minimum atomic E-state index is -4.46. The number of alkyl carbamates (subject to hydrolysis) is 1. The van der Waals surface area contributed by atoms with Crippen LogP contribution in [0.15, 0.2) is 97.3 Å². The first kappa shape index (κ1) is 31.1. The van der Waals surface area contributed by atoms with E-state index in [0.29, 0.717) is 6.54 Å². The zero-order chi connectivity index (χ0) is 31.0. The van der Waals surface area contributed by atoms with Gasteiger partial charge in [0.2, 0.25) is 0 Å². The van der Waals surface area contributed by atoms with Crippen molar-refractivity contribution >= 4 is 17.8 Å². The summed E-state index contributed by atoms with van der Waals surface area (Å²) in [6.45, 7) is 6.28. The number of hydrogen-bond acceptors (Lipinski definition) is 4. The highest BCUT2D eigenvalue weighted by atomic mass is 19.4. The molecule has 7 nitrogen and oxygen atoms in total. The highest BCUT2D eigenvalue weighted by Gasteiger charge is 2.30. The molecule has 0 unspecified atom stereocenters. The van der Waals surface area contributed by atoms with Crippen LogP contribution in [0.25, 0.3) is 11.1 Å². The lowest BCUT2D eigenvalue weighted by atomic mass is 10.0. The highest BCUT2D eigenvalue weighted by molar-refractivity contribution is 5.89. The van der Waals surface area contributed by atoms with Gasteiger partial charge in [0, 0.05) is 37.7 Å². The normalized spacial score (nSPS) is 11.5. The van der Waals surface area contributed by atoms with Crippen LogP contribution in [0.3, 0.4) is 0 Å². The monoisotopic (exact) mass is 590 g/mol. The van der Waals surface area contributed by atoms with Crippen molar-refractivity contribution in [2.75, 3.05) is 5.32 Å². The van der Waals surface area contributed by atoms with Crippen LogP contribution in [0.5, 0.6) is 0 Å². The van der Waals surface area contributed by atoms with E-state index in [4.69, 9.17) is 4.74 Å². The number of nitrogens with zero attached hydrogens (tertiary/aromatic N) is 2. The van der Waals surface area contributed by atoms with Gasteiger partial charge in [-0.1, -0.05) is 54.6 Å². The van der Waals surface area contributed by atoms with Crippen molar-refractivity contribution in [3.8, 4) is 11.1 Å². The third kappa shape index (κ3) is 9.59. The van der Waals surface area contributed by atoms with Gasteiger partial charge in [-0.15, -0.1) is 0 Å². The van der Waals surface area contributed by atoms with E-state index in [-0.39, 0.29) is 18.8 Å². The predicted molar refractivity (Wildman–Crippen MR) is 159 cm³/mol. The van der Waals surface area contributed by atoms with E-state index >= 15 is 0 Å². The molecule has 0 saturated carbocycles. The summed E-state index contributed by atoms with van der Waals surface area (Å²) in [6, 6.07) is 23.1. The minimum Gasteiger partial charge on any atom is -0.444 e. The molecule has 1 aromatic heterocycles. The fraction of sp³-hybridized carbons (Fsp3) is 0.242. The molecule has 0 radical (unpaired) electrons. The van der Waals surface area contributed by atoms with Crippen LogP contribution in [0, 0.1) is 0 Å². The predicted octanol–water partition coefficient (Wildman–Crippen LogP) is 8.03. The molecule has 0 spiro atoms. The summed E-state index contributed by atoms with van der Waals surface area (Å²) >= 11 is 0. The van der Waals surface area contributed by atoms with Crippen LogP contribution in [0.2, 0.25) is 0 Å². The molecule has 4 rings (SSSR count). The summed E-state index contributed by atoms with van der Waals surface area (Å²) in [6.07, 6.45) is -1.63. The van der Waals surface area contributed by atoms with Crippen LogP contribution >= 0.6 is 0 Å². The lowest BCUT2D eigenvalue weighted by Gasteiger charge is -2.23. The van der Waals surface area contributed by atoms with Crippen molar-refractivity contribution in [1.82, 2.24) is 15.2 Å². The van der Waals surface area contributed by atoms with Gasteiger partial charge in [-0.05, 0) is 78.9 Å². The summed E-state index contributed by atoms with van der Waals surface area (Å²) in [5.74, 6) is 0. The maximum Gasteiger partial charge on any atom is 0.416 e. The molecule has 0 atom stereocenters. The van der Waals surface area contributed by atoms with Crippen LogP contribution in [0.4, 0.5) is 28.4 Å². The van der Waals surface area contributed by atoms with E-state index in [0.717, 1.165) is 39.9 Å². The number of carbonyl (C=O) groups is 2. The van der Waals surface area contributed by atoms with E-state index in [1.54, 1.807) is 23.4 Å². The molecule has 0 aliphatic rings. The van der Waals surface area contributed by atoms with Gasteiger partial charge in [-0.3, -0.25) is 4.98 Å². The Bertz CT molecular complexity index is 1500. The number of benzene rings is 3. The number of hydrogen-bond donors (Lipinski definition) is 2. The number of halogens is 3. The summed E-state index contributed by atoms with van der Waals surface area (Å²) in [7, 11) is 0. The number of aromatic nitrogens is 1. The fourth-order valence-electron chi connectivity index (χ4n) is 4.18. The van der Waals surface area contributed by atoms with Crippen molar-refractivity contribution in [3.63, 3.8) is 0 Å². The average molecular weight is 591 g/mol. The Morgan fingerprint density at radius 2 is 1.37 bits per heavy atom. The summed E-state index contributed by atoms with van der Waals surface area (Å²) < 4.78 is 44.1. The summed E-state index contributed by atoms with van der Waals surface area (Å²) in [5.41, 5.74) is 3.47. The molecule has 2 N–H and O–H groups in total. The van der Waals surface area contributed by atoms with E-state index in [2.05, 4.69) is 15.6 Å². The van der Waals surface area contributed by atoms with Crippen LogP contribution in [0.1, 0.15) is 43.0 Å². The number of urea groups is 1. The number of alkyl halides is 3. The maximum atomic E-state index is 13.2. The first-order chi connectivity index (χ1) is 20.4. The Morgan fingerprint density at radius 3 is 1.91 bits per heavy atom. The summed E-state index contributed by atoms with van der Waals surface area (Å²) in [5, 5.41) is 5.44. The third-order valence-electron chi connectivity index (χ3n) is 6.30.